The van der Waals surface area contributed by atoms with Crippen LogP contribution in [0.2, 0.25) is 0 Å². The van der Waals surface area contributed by atoms with Crippen molar-refractivity contribution < 1.29 is 18.0 Å². The van der Waals surface area contributed by atoms with Crippen LogP contribution in [0.1, 0.15) is 0 Å². The van der Waals surface area contributed by atoms with Crippen molar-refractivity contribution in [3.05, 3.63) is 59.3 Å². The first-order valence-corrected chi connectivity index (χ1v) is 8.82. The molecule has 154 valence electrons. The standard InChI is InChI=1S/C19H15F3N6O2/c20-19(21,22)10-24-15(29)9-28-5-4-11-2-1-3-14(16(11)18(28)30)26-13-6-12-7-25-27-17(12)23-8-13/h1-8,26H,9-10H2,(H,24,29)(H,23,25,27). The normalized spacial score (nSPS) is 11.7. The molecule has 0 aliphatic carbocycles. The van der Waals surface area contributed by atoms with E-state index in [2.05, 4.69) is 20.5 Å². The van der Waals surface area contributed by atoms with Crippen LogP contribution in [0, 0.1) is 0 Å². The number of aromatic nitrogens is 4. The van der Waals surface area contributed by atoms with E-state index in [4.69, 9.17) is 0 Å². The van der Waals surface area contributed by atoms with E-state index in [1.54, 1.807) is 48.0 Å². The second-order valence-corrected chi connectivity index (χ2v) is 6.57. The molecule has 8 nitrogen and oxygen atoms in total. The van der Waals surface area contributed by atoms with Crippen molar-refractivity contribution in [2.45, 2.75) is 12.7 Å². The van der Waals surface area contributed by atoms with E-state index in [9.17, 15) is 22.8 Å². The van der Waals surface area contributed by atoms with Crippen molar-refractivity contribution in [2.24, 2.45) is 0 Å². The molecule has 11 heteroatoms. The number of anilines is 2. The van der Waals surface area contributed by atoms with Crippen LogP contribution < -0.4 is 16.2 Å². The van der Waals surface area contributed by atoms with Crippen molar-refractivity contribution in [2.75, 3.05) is 11.9 Å². The topological polar surface area (TPSA) is 105 Å². The highest BCUT2D eigenvalue weighted by molar-refractivity contribution is 5.95. The van der Waals surface area contributed by atoms with Gasteiger partial charge in [-0.2, -0.15) is 18.3 Å². The van der Waals surface area contributed by atoms with Gasteiger partial charge in [-0.05, 0) is 23.6 Å². The summed E-state index contributed by atoms with van der Waals surface area (Å²) >= 11 is 0. The Labute approximate surface area is 166 Å². The lowest BCUT2D eigenvalue weighted by molar-refractivity contribution is -0.138. The molecule has 4 rings (SSSR count). The number of rotatable bonds is 5. The largest absolute Gasteiger partial charge is 0.405 e. The van der Waals surface area contributed by atoms with Gasteiger partial charge in [-0.1, -0.05) is 12.1 Å². The fourth-order valence-corrected chi connectivity index (χ4v) is 3.03. The van der Waals surface area contributed by atoms with Crippen molar-refractivity contribution >= 4 is 39.1 Å². The quantitative estimate of drug-likeness (QED) is 0.464. The number of alkyl halides is 3. The molecule has 0 aliphatic heterocycles. The number of H-pyrrole nitrogens is 1. The van der Waals surface area contributed by atoms with Crippen LogP contribution >= 0.6 is 0 Å². The fourth-order valence-electron chi connectivity index (χ4n) is 3.03. The molecule has 1 amide bonds. The maximum absolute atomic E-state index is 12.9. The first kappa shape index (κ1) is 19.4. The summed E-state index contributed by atoms with van der Waals surface area (Å²) in [6.45, 7) is -1.98. The predicted octanol–water partition coefficient (Wildman–Crippen LogP) is 2.69. The second kappa shape index (κ2) is 7.50. The summed E-state index contributed by atoms with van der Waals surface area (Å²) < 4.78 is 37.9. The molecular weight excluding hydrogens is 401 g/mol. The molecule has 30 heavy (non-hydrogen) atoms. The van der Waals surface area contributed by atoms with E-state index in [-0.39, 0.29) is 0 Å². The highest BCUT2D eigenvalue weighted by Crippen LogP contribution is 2.25. The lowest BCUT2D eigenvalue weighted by Crippen LogP contribution is -2.37. The van der Waals surface area contributed by atoms with Crippen LogP contribution in [0.4, 0.5) is 24.5 Å². The Hall–Kier alpha value is -3.89. The Morgan fingerprint density at radius 3 is 2.80 bits per heavy atom. The van der Waals surface area contributed by atoms with Gasteiger partial charge in [0.25, 0.3) is 5.56 Å². The average molecular weight is 416 g/mol. The molecule has 3 N–H and O–H groups in total. The summed E-state index contributed by atoms with van der Waals surface area (Å²) in [6, 6.07) is 8.60. The number of carbonyl (C=O) groups excluding carboxylic acids is 1. The summed E-state index contributed by atoms with van der Waals surface area (Å²) in [5.41, 5.74) is 1.21. The number of pyridine rings is 2. The Morgan fingerprint density at radius 1 is 1.17 bits per heavy atom. The Morgan fingerprint density at radius 2 is 2.00 bits per heavy atom. The van der Waals surface area contributed by atoms with Crippen LogP contribution in [-0.2, 0) is 11.3 Å². The van der Waals surface area contributed by atoms with Gasteiger partial charge in [0.1, 0.15) is 13.1 Å². The number of halogens is 3. The summed E-state index contributed by atoms with van der Waals surface area (Å²) in [5, 5.41) is 13.2. The van der Waals surface area contributed by atoms with E-state index >= 15 is 0 Å². The van der Waals surface area contributed by atoms with Crippen LogP contribution in [0.15, 0.2) is 53.7 Å². The van der Waals surface area contributed by atoms with Gasteiger partial charge in [0.15, 0.2) is 5.65 Å². The van der Waals surface area contributed by atoms with Crippen LogP contribution in [0.5, 0.6) is 0 Å². The van der Waals surface area contributed by atoms with Crippen LogP contribution in [0.25, 0.3) is 21.8 Å². The number of amides is 1. The number of hydrogen-bond acceptors (Lipinski definition) is 5. The minimum Gasteiger partial charge on any atom is -0.354 e. The highest BCUT2D eigenvalue weighted by atomic mass is 19.4. The smallest absolute Gasteiger partial charge is 0.354 e. The molecule has 0 radical (unpaired) electrons. The maximum Gasteiger partial charge on any atom is 0.405 e. The third-order valence-electron chi connectivity index (χ3n) is 4.38. The number of hydrogen-bond donors (Lipinski definition) is 3. The summed E-state index contributed by atoms with van der Waals surface area (Å²) in [5.74, 6) is -0.908. The zero-order valence-electron chi connectivity index (χ0n) is 15.3. The zero-order valence-corrected chi connectivity index (χ0v) is 15.3. The molecule has 0 bridgehead atoms. The number of nitrogens with one attached hydrogen (secondary N) is 3. The van der Waals surface area contributed by atoms with Crippen molar-refractivity contribution in [3.63, 3.8) is 0 Å². The number of benzene rings is 1. The van der Waals surface area contributed by atoms with Gasteiger partial charge in [-0.15, -0.1) is 0 Å². The van der Waals surface area contributed by atoms with E-state index < -0.39 is 30.7 Å². The van der Waals surface area contributed by atoms with Crippen molar-refractivity contribution in [3.8, 4) is 0 Å². The lowest BCUT2D eigenvalue weighted by Gasteiger charge is -2.13. The first-order valence-electron chi connectivity index (χ1n) is 8.82. The van der Waals surface area contributed by atoms with Gasteiger partial charge >= 0.3 is 6.18 Å². The fraction of sp³-hybridized carbons (Fsp3) is 0.158. The van der Waals surface area contributed by atoms with Gasteiger partial charge < -0.3 is 15.2 Å². The van der Waals surface area contributed by atoms with Gasteiger partial charge in [0.05, 0.1) is 29.2 Å². The Kier molecular flexibility index (Phi) is 4.86. The maximum atomic E-state index is 12.9. The lowest BCUT2D eigenvalue weighted by atomic mass is 10.1. The van der Waals surface area contributed by atoms with E-state index in [0.717, 1.165) is 9.95 Å². The molecule has 3 heterocycles. The van der Waals surface area contributed by atoms with Crippen molar-refractivity contribution in [1.29, 1.82) is 0 Å². The predicted molar refractivity (Wildman–Crippen MR) is 104 cm³/mol. The number of nitrogens with zero attached hydrogens (tertiary/aromatic N) is 3. The van der Waals surface area contributed by atoms with Crippen LogP contribution in [0.3, 0.4) is 0 Å². The van der Waals surface area contributed by atoms with Gasteiger partial charge in [-0.3, -0.25) is 14.7 Å². The monoisotopic (exact) mass is 416 g/mol. The summed E-state index contributed by atoms with van der Waals surface area (Å²) in [4.78, 5) is 29.0. The van der Waals surface area contributed by atoms with Gasteiger partial charge in [0, 0.05) is 11.6 Å². The number of aromatic amines is 1. The van der Waals surface area contributed by atoms with E-state index in [0.29, 0.717) is 27.8 Å². The molecule has 0 atom stereocenters. The minimum atomic E-state index is -4.52. The van der Waals surface area contributed by atoms with Crippen molar-refractivity contribution in [1.82, 2.24) is 25.1 Å². The molecule has 0 aliphatic rings. The third-order valence-corrected chi connectivity index (χ3v) is 4.38. The van der Waals surface area contributed by atoms with Crippen LogP contribution in [-0.4, -0.2) is 38.4 Å². The molecule has 1 aromatic carbocycles. The van der Waals surface area contributed by atoms with E-state index in [1.807, 2.05) is 0 Å². The average Bonchev–Trinajstić information content (AvgIpc) is 3.16. The molecule has 0 fully saturated rings. The molecule has 3 aromatic heterocycles. The number of fused-ring (bicyclic) bond motifs is 2. The highest BCUT2D eigenvalue weighted by Gasteiger charge is 2.27. The second-order valence-electron chi connectivity index (χ2n) is 6.57. The Bertz CT molecular complexity index is 1290. The molecule has 4 aromatic rings. The Balaban J connectivity index is 1.65. The first-order chi connectivity index (χ1) is 14.3. The number of carbonyl (C=O) groups is 1. The summed E-state index contributed by atoms with van der Waals surface area (Å²) in [7, 11) is 0. The van der Waals surface area contributed by atoms with Gasteiger partial charge in [-0.25, -0.2) is 4.98 Å². The van der Waals surface area contributed by atoms with Gasteiger partial charge in [0.2, 0.25) is 5.91 Å². The summed E-state index contributed by atoms with van der Waals surface area (Å²) in [6.07, 6.45) is 0.0421. The zero-order chi connectivity index (χ0) is 21.3. The minimum absolute atomic E-state index is 0.302. The SMILES string of the molecule is O=C(Cn1ccc2cccc(Nc3cnc4[nH]ncc4c3)c2c1=O)NCC(F)(F)F. The molecule has 0 saturated carbocycles. The molecular formula is C19H15F3N6O2. The molecule has 0 spiro atoms. The third kappa shape index (κ3) is 4.09. The van der Waals surface area contributed by atoms with E-state index in [1.165, 1.54) is 6.20 Å². The molecule has 0 saturated heterocycles. The molecule has 0 unspecified atom stereocenters.